The summed E-state index contributed by atoms with van der Waals surface area (Å²) < 4.78 is 29.0. The molecule has 1 aliphatic heterocycles. The van der Waals surface area contributed by atoms with Crippen LogP contribution in [0.3, 0.4) is 0 Å². The van der Waals surface area contributed by atoms with E-state index in [9.17, 15) is 13.2 Å². The van der Waals surface area contributed by atoms with Crippen LogP contribution in [0.5, 0.6) is 0 Å². The van der Waals surface area contributed by atoms with Crippen molar-refractivity contribution in [2.75, 3.05) is 5.32 Å². The Morgan fingerprint density at radius 1 is 0.941 bits per heavy atom. The van der Waals surface area contributed by atoms with Crippen molar-refractivity contribution in [1.82, 2.24) is 14.5 Å². The van der Waals surface area contributed by atoms with Gasteiger partial charge in [0.1, 0.15) is 11.0 Å². The molecule has 2 heterocycles. The molecule has 3 aromatic carbocycles. The monoisotopic (exact) mass is 490 g/mol. The molecule has 1 saturated carbocycles. The number of amides is 1. The quantitative estimate of drug-likeness (QED) is 0.450. The van der Waals surface area contributed by atoms with Gasteiger partial charge >= 0.3 is 0 Å². The van der Waals surface area contributed by atoms with Crippen molar-refractivity contribution in [3.63, 3.8) is 0 Å². The van der Waals surface area contributed by atoms with Gasteiger partial charge < -0.3 is 0 Å². The van der Waals surface area contributed by atoms with Crippen LogP contribution in [0.4, 0.5) is 5.13 Å². The fourth-order valence-corrected chi connectivity index (χ4v) is 6.92. The zero-order chi connectivity index (χ0) is 23.3. The van der Waals surface area contributed by atoms with Gasteiger partial charge in [0.15, 0.2) is 0 Å². The predicted molar refractivity (Wildman–Crippen MR) is 131 cm³/mol. The Morgan fingerprint density at radius 3 is 2.47 bits per heavy atom. The Morgan fingerprint density at radius 2 is 1.68 bits per heavy atom. The molecule has 1 amide bonds. The standard InChI is InChI=1S/C25H22N4O3S2/c30-23(26-25-28-27-24(33-25)17-9-10-17)22-14-19-7-3-4-8-20(19)15-29(22)34(31,32)21-12-11-16-5-1-2-6-18(16)13-21/h1-8,11-13,17,22H,9-10,14-15H2,(H,26,28,30). The molecule has 172 valence electrons. The van der Waals surface area contributed by atoms with Crippen LogP contribution in [0.25, 0.3) is 10.8 Å². The number of benzene rings is 3. The minimum Gasteiger partial charge on any atom is -0.299 e. The van der Waals surface area contributed by atoms with Gasteiger partial charge in [-0.2, -0.15) is 4.31 Å². The lowest BCUT2D eigenvalue weighted by atomic mass is 9.95. The van der Waals surface area contributed by atoms with Crippen molar-refractivity contribution in [1.29, 1.82) is 0 Å². The lowest BCUT2D eigenvalue weighted by molar-refractivity contribution is -0.120. The highest BCUT2D eigenvalue weighted by Crippen LogP contribution is 2.42. The van der Waals surface area contributed by atoms with Gasteiger partial charge in [0.05, 0.1) is 4.90 Å². The molecule has 9 heteroatoms. The second-order valence-electron chi connectivity index (χ2n) is 8.76. The normalized spacial score (nSPS) is 18.5. The van der Waals surface area contributed by atoms with Crippen molar-refractivity contribution in [2.45, 2.75) is 42.7 Å². The molecule has 1 aliphatic carbocycles. The highest BCUT2D eigenvalue weighted by atomic mass is 32.2. The molecule has 6 rings (SSSR count). The number of nitrogens with zero attached hydrogens (tertiary/aromatic N) is 3. The van der Waals surface area contributed by atoms with Crippen LogP contribution in [0, 0.1) is 0 Å². The Balaban J connectivity index is 1.36. The fraction of sp³-hybridized carbons (Fsp3) is 0.240. The number of hydrogen-bond acceptors (Lipinski definition) is 6. The summed E-state index contributed by atoms with van der Waals surface area (Å²) in [7, 11) is -3.94. The van der Waals surface area contributed by atoms with Crippen LogP contribution < -0.4 is 5.32 Å². The summed E-state index contributed by atoms with van der Waals surface area (Å²) in [5.41, 5.74) is 1.88. The van der Waals surface area contributed by atoms with E-state index >= 15 is 0 Å². The Bertz CT molecular complexity index is 1510. The third-order valence-corrected chi connectivity index (χ3v) is 9.28. The number of sulfonamides is 1. The second-order valence-corrected chi connectivity index (χ2v) is 11.7. The predicted octanol–water partition coefficient (Wildman–Crippen LogP) is 4.32. The van der Waals surface area contributed by atoms with E-state index in [1.807, 2.05) is 48.5 Å². The summed E-state index contributed by atoms with van der Waals surface area (Å²) in [4.78, 5) is 13.6. The summed E-state index contributed by atoms with van der Waals surface area (Å²) in [5.74, 6) is 0.0480. The molecule has 0 spiro atoms. The van der Waals surface area contributed by atoms with Gasteiger partial charge in [0, 0.05) is 12.5 Å². The van der Waals surface area contributed by atoms with Gasteiger partial charge in [-0.05, 0) is 53.3 Å². The smallest absolute Gasteiger partial charge is 0.245 e. The number of aromatic nitrogens is 2. The van der Waals surface area contributed by atoms with Crippen LogP contribution in [-0.2, 0) is 27.8 Å². The molecule has 0 bridgehead atoms. The van der Waals surface area contributed by atoms with Gasteiger partial charge in [-0.25, -0.2) is 8.42 Å². The Labute approximate surface area is 201 Å². The van der Waals surface area contributed by atoms with Gasteiger partial charge in [-0.15, -0.1) is 10.2 Å². The first-order valence-electron chi connectivity index (χ1n) is 11.2. The van der Waals surface area contributed by atoms with E-state index in [4.69, 9.17) is 0 Å². The molecule has 7 nitrogen and oxygen atoms in total. The van der Waals surface area contributed by atoms with E-state index in [2.05, 4.69) is 15.5 Å². The summed E-state index contributed by atoms with van der Waals surface area (Å²) in [5, 5.41) is 14.2. The van der Waals surface area contributed by atoms with Crippen molar-refractivity contribution < 1.29 is 13.2 Å². The van der Waals surface area contributed by atoms with Crippen LogP contribution in [-0.4, -0.2) is 34.9 Å². The van der Waals surface area contributed by atoms with Crippen molar-refractivity contribution in [3.8, 4) is 0 Å². The third-order valence-electron chi connectivity index (χ3n) is 6.43. The van der Waals surface area contributed by atoms with Crippen LogP contribution in [0.2, 0.25) is 0 Å². The molecule has 4 aromatic rings. The lowest BCUT2D eigenvalue weighted by Crippen LogP contribution is -2.50. The SMILES string of the molecule is O=C(Nc1nnc(C2CC2)s1)C1Cc2ccccc2CN1S(=O)(=O)c1ccc2ccccc2c1. The fourth-order valence-electron chi connectivity index (χ4n) is 4.41. The second kappa shape index (κ2) is 8.26. The molecule has 1 fully saturated rings. The summed E-state index contributed by atoms with van der Waals surface area (Å²) >= 11 is 1.37. The number of carbonyl (C=O) groups excluding carboxylic acids is 1. The lowest BCUT2D eigenvalue weighted by Gasteiger charge is -2.34. The van der Waals surface area contributed by atoms with Gasteiger partial charge in [0.2, 0.25) is 21.1 Å². The zero-order valence-corrected chi connectivity index (χ0v) is 19.8. The number of hydrogen-bond donors (Lipinski definition) is 1. The number of nitrogens with one attached hydrogen (secondary N) is 1. The zero-order valence-electron chi connectivity index (χ0n) is 18.2. The average molecular weight is 491 g/mol. The summed E-state index contributed by atoms with van der Waals surface area (Å²) in [6.07, 6.45) is 2.49. The topological polar surface area (TPSA) is 92.3 Å². The molecule has 1 unspecified atom stereocenters. The maximum absolute atomic E-state index is 13.8. The van der Waals surface area contributed by atoms with Crippen LogP contribution in [0.1, 0.15) is 34.9 Å². The highest BCUT2D eigenvalue weighted by Gasteiger charge is 2.40. The van der Waals surface area contributed by atoms with Crippen molar-refractivity contribution in [2.24, 2.45) is 0 Å². The molecular weight excluding hydrogens is 468 g/mol. The molecule has 2 aliphatic rings. The van der Waals surface area contributed by atoms with Crippen molar-refractivity contribution in [3.05, 3.63) is 82.9 Å². The molecule has 0 saturated heterocycles. The van der Waals surface area contributed by atoms with E-state index < -0.39 is 22.0 Å². The maximum atomic E-state index is 13.8. The first kappa shape index (κ1) is 21.4. The van der Waals surface area contributed by atoms with Crippen molar-refractivity contribution >= 4 is 43.2 Å². The maximum Gasteiger partial charge on any atom is 0.245 e. The van der Waals surface area contributed by atoms with Gasteiger partial charge in [-0.1, -0.05) is 65.9 Å². The summed E-state index contributed by atoms with van der Waals surface area (Å²) in [6, 6.07) is 19.5. The van der Waals surface area contributed by atoms with Crippen LogP contribution in [0.15, 0.2) is 71.6 Å². The number of rotatable bonds is 5. The first-order chi connectivity index (χ1) is 16.5. The highest BCUT2D eigenvalue weighted by molar-refractivity contribution is 7.89. The van der Waals surface area contributed by atoms with E-state index in [1.54, 1.807) is 18.2 Å². The molecule has 1 atom stereocenters. The van der Waals surface area contributed by atoms with E-state index in [0.29, 0.717) is 17.5 Å². The molecule has 0 radical (unpaired) electrons. The first-order valence-corrected chi connectivity index (χ1v) is 13.5. The van der Waals surface area contributed by atoms with E-state index in [1.165, 1.54) is 15.6 Å². The third kappa shape index (κ3) is 3.89. The number of anilines is 1. The Kier molecular flexibility index (Phi) is 5.20. The molecule has 1 aromatic heterocycles. The van der Waals surface area contributed by atoms with Gasteiger partial charge in [0.25, 0.3) is 0 Å². The minimum absolute atomic E-state index is 0.132. The largest absolute Gasteiger partial charge is 0.299 e. The van der Waals surface area contributed by atoms with E-state index in [-0.39, 0.29) is 11.4 Å². The number of carbonyl (C=O) groups is 1. The molecule has 1 N–H and O–H groups in total. The minimum atomic E-state index is -3.94. The Hall–Kier alpha value is -3.14. The van der Waals surface area contributed by atoms with Gasteiger partial charge in [-0.3, -0.25) is 10.1 Å². The number of fused-ring (bicyclic) bond motifs is 2. The van der Waals surface area contributed by atoms with E-state index in [0.717, 1.165) is 39.7 Å². The van der Waals surface area contributed by atoms with Crippen LogP contribution >= 0.6 is 11.3 Å². The average Bonchev–Trinajstić information content (AvgIpc) is 3.61. The molecule has 34 heavy (non-hydrogen) atoms. The molecular formula is C25H22N4O3S2. The summed E-state index contributed by atoms with van der Waals surface area (Å²) in [6.45, 7) is 0.132.